The molecule has 2 rings (SSSR count). The number of thiocarbonyl (C=S) groups is 1. The number of benzene rings is 2. The Kier molecular flexibility index (Phi) is 5.49. The average Bonchev–Trinajstić information content (AvgIpc) is 2.40. The third-order valence-corrected chi connectivity index (χ3v) is 4.51. The summed E-state index contributed by atoms with van der Waals surface area (Å²) in [5.74, 6) is 0. The summed E-state index contributed by atoms with van der Waals surface area (Å²) in [6, 6.07) is 11.2. The summed E-state index contributed by atoms with van der Waals surface area (Å²) in [6.07, 6.45) is 0. The molecule has 0 fully saturated rings. The standard InChI is InChI=1S/C15H13BrCl2N2S/c1-8(11-4-3-10(17)7-13(11)18)20-14-5-2-9(15(19)21)6-12(14)16/h2-8,20H,1H3,(H2,19,21). The molecule has 0 aliphatic carbocycles. The Labute approximate surface area is 147 Å². The summed E-state index contributed by atoms with van der Waals surface area (Å²) in [4.78, 5) is 0.371. The second-order valence-electron chi connectivity index (χ2n) is 4.59. The van der Waals surface area contributed by atoms with Crippen LogP contribution in [0.4, 0.5) is 5.69 Å². The number of anilines is 1. The summed E-state index contributed by atoms with van der Waals surface area (Å²) in [6.45, 7) is 2.03. The van der Waals surface area contributed by atoms with E-state index in [1.165, 1.54) is 0 Å². The number of nitrogens with one attached hydrogen (secondary N) is 1. The first-order valence-corrected chi connectivity index (χ1v) is 8.15. The van der Waals surface area contributed by atoms with Gasteiger partial charge in [-0.05, 0) is 58.7 Å². The summed E-state index contributed by atoms with van der Waals surface area (Å²) in [5.41, 5.74) is 8.35. The molecule has 2 aromatic carbocycles. The fourth-order valence-electron chi connectivity index (χ4n) is 1.95. The summed E-state index contributed by atoms with van der Waals surface area (Å²) < 4.78 is 0.893. The molecule has 0 spiro atoms. The van der Waals surface area contributed by atoms with E-state index in [2.05, 4.69) is 21.2 Å². The van der Waals surface area contributed by atoms with Crippen LogP contribution in [0.2, 0.25) is 10.0 Å². The predicted octanol–water partition coefficient (Wildman–Crippen LogP) is 5.56. The molecule has 2 aromatic rings. The molecule has 3 N–H and O–H groups in total. The third-order valence-electron chi connectivity index (χ3n) is 3.05. The van der Waals surface area contributed by atoms with Crippen LogP contribution in [0.25, 0.3) is 0 Å². The van der Waals surface area contributed by atoms with Gasteiger partial charge in [0, 0.05) is 25.8 Å². The topological polar surface area (TPSA) is 38.0 Å². The number of nitrogens with two attached hydrogens (primary N) is 1. The molecule has 0 saturated carbocycles. The normalized spacial score (nSPS) is 12.0. The Balaban J connectivity index is 2.23. The third kappa shape index (κ3) is 4.10. The van der Waals surface area contributed by atoms with Crippen molar-refractivity contribution >= 4 is 62.0 Å². The van der Waals surface area contributed by atoms with E-state index in [-0.39, 0.29) is 6.04 Å². The van der Waals surface area contributed by atoms with E-state index >= 15 is 0 Å². The van der Waals surface area contributed by atoms with Crippen LogP contribution in [0.5, 0.6) is 0 Å². The molecule has 2 nitrogen and oxygen atoms in total. The molecule has 110 valence electrons. The van der Waals surface area contributed by atoms with Crippen molar-refractivity contribution in [2.75, 3.05) is 5.32 Å². The molecule has 21 heavy (non-hydrogen) atoms. The van der Waals surface area contributed by atoms with Crippen molar-refractivity contribution < 1.29 is 0 Å². The molecule has 0 aromatic heterocycles. The predicted molar refractivity (Wildman–Crippen MR) is 98.5 cm³/mol. The highest BCUT2D eigenvalue weighted by Gasteiger charge is 2.12. The quantitative estimate of drug-likeness (QED) is 0.656. The zero-order valence-corrected chi connectivity index (χ0v) is 15.1. The Bertz CT molecular complexity index is 691. The van der Waals surface area contributed by atoms with Crippen LogP contribution in [0, 0.1) is 0 Å². The van der Waals surface area contributed by atoms with Gasteiger partial charge in [0.05, 0.1) is 6.04 Å². The van der Waals surface area contributed by atoms with Crippen LogP contribution in [0.15, 0.2) is 40.9 Å². The molecule has 0 bridgehead atoms. The lowest BCUT2D eigenvalue weighted by molar-refractivity contribution is 0.884. The summed E-state index contributed by atoms with van der Waals surface area (Å²) in [7, 11) is 0. The van der Waals surface area contributed by atoms with Crippen LogP contribution >= 0.6 is 51.3 Å². The van der Waals surface area contributed by atoms with Gasteiger partial charge in [-0.3, -0.25) is 0 Å². The molecule has 0 aliphatic rings. The largest absolute Gasteiger partial charge is 0.389 e. The van der Waals surface area contributed by atoms with E-state index in [0.717, 1.165) is 21.3 Å². The van der Waals surface area contributed by atoms with Crippen molar-refractivity contribution in [1.29, 1.82) is 0 Å². The lowest BCUT2D eigenvalue weighted by Gasteiger charge is -2.18. The van der Waals surface area contributed by atoms with Gasteiger partial charge >= 0.3 is 0 Å². The van der Waals surface area contributed by atoms with Crippen molar-refractivity contribution in [3.8, 4) is 0 Å². The molecule has 0 amide bonds. The van der Waals surface area contributed by atoms with E-state index < -0.39 is 0 Å². The average molecular weight is 404 g/mol. The lowest BCUT2D eigenvalue weighted by atomic mass is 10.1. The van der Waals surface area contributed by atoms with Crippen LogP contribution in [0.3, 0.4) is 0 Å². The highest BCUT2D eigenvalue weighted by molar-refractivity contribution is 9.10. The molecule has 0 radical (unpaired) electrons. The second-order valence-corrected chi connectivity index (χ2v) is 6.73. The Hall–Kier alpha value is -0.810. The van der Waals surface area contributed by atoms with Crippen molar-refractivity contribution in [2.24, 2.45) is 5.73 Å². The maximum Gasteiger partial charge on any atom is 0.104 e. The number of hydrogen-bond donors (Lipinski definition) is 2. The molecular weight excluding hydrogens is 391 g/mol. The van der Waals surface area contributed by atoms with Crippen LogP contribution in [-0.4, -0.2) is 4.99 Å². The van der Waals surface area contributed by atoms with E-state index in [1.54, 1.807) is 6.07 Å². The zero-order chi connectivity index (χ0) is 15.6. The van der Waals surface area contributed by atoms with E-state index in [4.69, 9.17) is 41.2 Å². The molecular formula is C15H13BrCl2N2S. The first-order chi connectivity index (χ1) is 9.88. The first-order valence-electron chi connectivity index (χ1n) is 6.19. The molecule has 6 heteroatoms. The van der Waals surface area contributed by atoms with Crippen molar-refractivity contribution in [1.82, 2.24) is 0 Å². The van der Waals surface area contributed by atoms with Gasteiger partial charge in [0.15, 0.2) is 0 Å². The van der Waals surface area contributed by atoms with Crippen LogP contribution in [-0.2, 0) is 0 Å². The minimum absolute atomic E-state index is 0.0294. The monoisotopic (exact) mass is 402 g/mol. The first kappa shape index (κ1) is 16.6. The van der Waals surface area contributed by atoms with Gasteiger partial charge in [0.25, 0.3) is 0 Å². The van der Waals surface area contributed by atoms with Gasteiger partial charge < -0.3 is 11.1 Å². The van der Waals surface area contributed by atoms with Gasteiger partial charge in [-0.15, -0.1) is 0 Å². The highest BCUT2D eigenvalue weighted by Crippen LogP contribution is 2.31. The maximum absolute atomic E-state index is 6.23. The fraction of sp³-hybridized carbons (Fsp3) is 0.133. The lowest BCUT2D eigenvalue weighted by Crippen LogP contribution is -2.11. The molecule has 1 atom stereocenters. The second kappa shape index (κ2) is 6.97. The Morgan fingerprint density at radius 2 is 1.95 bits per heavy atom. The fourth-order valence-corrected chi connectivity index (χ4v) is 3.14. The molecule has 0 heterocycles. The minimum atomic E-state index is 0.0294. The Morgan fingerprint density at radius 3 is 2.52 bits per heavy atom. The molecule has 1 unspecified atom stereocenters. The minimum Gasteiger partial charge on any atom is -0.389 e. The number of halogens is 3. The smallest absolute Gasteiger partial charge is 0.104 e. The van der Waals surface area contributed by atoms with E-state index in [0.29, 0.717) is 15.0 Å². The van der Waals surface area contributed by atoms with Gasteiger partial charge in [-0.2, -0.15) is 0 Å². The van der Waals surface area contributed by atoms with E-state index in [9.17, 15) is 0 Å². The summed E-state index contributed by atoms with van der Waals surface area (Å²) in [5, 5.41) is 4.65. The van der Waals surface area contributed by atoms with Gasteiger partial charge in [0.1, 0.15) is 4.99 Å². The number of rotatable bonds is 4. The maximum atomic E-state index is 6.23. The van der Waals surface area contributed by atoms with Crippen molar-refractivity contribution in [2.45, 2.75) is 13.0 Å². The van der Waals surface area contributed by atoms with Crippen LogP contribution < -0.4 is 11.1 Å². The van der Waals surface area contributed by atoms with Crippen molar-refractivity contribution in [3.05, 3.63) is 62.0 Å². The number of hydrogen-bond acceptors (Lipinski definition) is 2. The highest BCUT2D eigenvalue weighted by atomic mass is 79.9. The SMILES string of the molecule is CC(Nc1ccc(C(N)=S)cc1Br)c1ccc(Cl)cc1Cl. The van der Waals surface area contributed by atoms with Crippen LogP contribution in [0.1, 0.15) is 24.1 Å². The Morgan fingerprint density at radius 1 is 1.24 bits per heavy atom. The van der Waals surface area contributed by atoms with Gasteiger partial charge in [-0.1, -0.05) is 41.5 Å². The molecule has 0 saturated heterocycles. The van der Waals surface area contributed by atoms with Gasteiger partial charge in [0.2, 0.25) is 0 Å². The van der Waals surface area contributed by atoms with Gasteiger partial charge in [-0.25, -0.2) is 0 Å². The summed E-state index contributed by atoms with van der Waals surface area (Å²) >= 11 is 20.6. The zero-order valence-electron chi connectivity index (χ0n) is 11.2. The molecule has 0 aliphatic heterocycles. The van der Waals surface area contributed by atoms with Crippen molar-refractivity contribution in [3.63, 3.8) is 0 Å². The van der Waals surface area contributed by atoms with E-state index in [1.807, 2.05) is 37.3 Å².